The highest BCUT2D eigenvalue weighted by Crippen LogP contribution is 2.20. The van der Waals surface area contributed by atoms with Crippen LogP contribution in [0, 0.1) is 5.92 Å². The van der Waals surface area contributed by atoms with Crippen molar-refractivity contribution in [3.63, 3.8) is 0 Å². The topological polar surface area (TPSA) is 46.5 Å². The fourth-order valence-electron chi connectivity index (χ4n) is 2.24. The molecular formula is C17H17BrO3. The predicted octanol–water partition coefficient (Wildman–Crippen LogP) is 3.94. The Kier molecular flexibility index (Phi) is 5.39. The van der Waals surface area contributed by atoms with Crippen LogP contribution in [-0.2, 0) is 17.6 Å². The molecular weight excluding hydrogens is 332 g/mol. The van der Waals surface area contributed by atoms with Crippen LogP contribution in [0.15, 0.2) is 53.0 Å². The number of hydrogen-bond acceptors (Lipinski definition) is 2. The fraction of sp³-hybridized carbons (Fsp3) is 0.235. The van der Waals surface area contributed by atoms with Gasteiger partial charge in [0.25, 0.3) is 0 Å². The van der Waals surface area contributed by atoms with Gasteiger partial charge in [-0.15, -0.1) is 0 Å². The lowest BCUT2D eigenvalue weighted by atomic mass is 9.92. The second-order valence-electron chi connectivity index (χ2n) is 4.92. The third kappa shape index (κ3) is 4.60. The summed E-state index contributed by atoms with van der Waals surface area (Å²) in [5.41, 5.74) is 2.02. The lowest BCUT2D eigenvalue weighted by molar-refractivity contribution is -0.141. The van der Waals surface area contributed by atoms with Gasteiger partial charge >= 0.3 is 5.97 Å². The largest absolute Gasteiger partial charge is 0.497 e. The molecule has 2 aromatic carbocycles. The molecule has 110 valence electrons. The highest BCUT2D eigenvalue weighted by atomic mass is 79.9. The van der Waals surface area contributed by atoms with Crippen LogP contribution in [0.1, 0.15) is 11.1 Å². The molecule has 2 rings (SSSR count). The van der Waals surface area contributed by atoms with Crippen molar-refractivity contribution >= 4 is 21.9 Å². The zero-order valence-corrected chi connectivity index (χ0v) is 13.3. The van der Waals surface area contributed by atoms with Crippen LogP contribution in [0.5, 0.6) is 5.75 Å². The molecule has 21 heavy (non-hydrogen) atoms. The van der Waals surface area contributed by atoms with E-state index in [4.69, 9.17) is 4.74 Å². The SMILES string of the molecule is COc1ccc(CC(Cc2cccc(Br)c2)C(=O)O)cc1. The number of halogens is 1. The molecule has 1 unspecified atom stereocenters. The quantitative estimate of drug-likeness (QED) is 0.859. The van der Waals surface area contributed by atoms with Crippen molar-refractivity contribution in [3.05, 3.63) is 64.1 Å². The number of ether oxygens (including phenoxy) is 1. The highest BCUT2D eigenvalue weighted by molar-refractivity contribution is 9.10. The molecule has 0 saturated heterocycles. The average Bonchev–Trinajstić information content (AvgIpc) is 2.47. The van der Waals surface area contributed by atoms with E-state index < -0.39 is 11.9 Å². The smallest absolute Gasteiger partial charge is 0.307 e. The molecule has 0 aliphatic heterocycles. The molecule has 0 radical (unpaired) electrons. The van der Waals surface area contributed by atoms with Gasteiger partial charge in [-0.25, -0.2) is 0 Å². The van der Waals surface area contributed by atoms with Crippen molar-refractivity contribution in [3.8, 4) is 5.75 Å². The molecule has 1 N–H and O–H groups in total. The molecule has 0 bridgehead atoms. The number of carbonyl (C=O) groups is 1. The maximum Gasteiger partial charge on any atom is 0.307 e. The Morgan fingerprint density at radius 2 is 1.81 bits per heavy atom. The Bertz CT molecular complexity index is 608. The van der Waals surface area contributed by atoms with Crippen molar-refractivity contribution in [2.45, 2.75) is 12.8 Å². The molecule has 0 amide bonds. The van der Waals surface area contributed by atoms with Gasteiger partial charge in [-0.2, -0.15) is 0 Å². The molecule has 0 saturated carbocycles. The normalized spacial score (nSPS) is 11.9. The van der Waals surface area contributed by atoms with Crippen molar-refractivity contribution in [2.75, 3.05) is 7.11 Å². The van der Waals surface area contributed by atoms with E-state index in [0.717, 1.165) is 21.3 Å². The van der Waals surface area contributed by atoms with Gasteiger partial charge in [0, 0.05) is 4.47 Å². The van der Waals surface area contributed by atoms with Gasteiger partial charge in [0.1, 0.15) is 5.75 Å². The van der Waals surface area contributed by atoms with Gasteiger partial charge in [0.05, 0.1) is 13.0 Å². The number of rotatable bonds is 6. The van der Waals surface area contributed by atoms with Crippen LogP contribution in [0.25, 0.3) is 0 Å². The molecule has 0 aliphatic carbocycles. The summed E-state index contributed by atoms with van der Waals surface area (Å²) in [6, 6.07) is 15.3. The monoisotopic (exact) mass is 348 g/mol. The van der Waals surface area contributed by atoms with Crippen LogP contribution in [0.3, 0.4) is 0 Å². The second kappa shape index (κ2) is 7.27. The summed E-state index contributed by atoms with van der Waals surface area (Å²) in [5.74, 6) is -0.434. The molecule has 0 aromatic heterocycles. The standard InChI is InChI=1S/C17H17BrO3/c1-21-16-7-5-12(6-8-16)9-14(17(19)20)10-13-3-2-4-15(18)11-13/h2-8,11,14H,9-10H2,1H3,(H,19,20). The van der Waals surface area contributed by atoms with E-state index in [9.17, 15) is 9.90 Å². The summed E-state index contributed by atoms with van der Waals surface area (Å²) >= 11 is 3.41. The van der Waals surface area contributed by atoms with Crippen LogP contribution in [-0.4, -0.2) is 18.2 Å². The second-order valence-corrected chi connectivity index (χ2v) is 5.84. The minimum atomic E-state index is -0.772. The summed E-state index contributed by atoms with van der Waals surface area (Å²) in [4.78, 5) is 11.5. The molecule has 2 aromatic rings. The summed E-state index contributed by atoms with van der Waals surface area (Å²) in [5, 5.41) is 9.43. The van der Waals surface area contributed by atoms with E-state index in [1.54, 1.807) is 7.11 Å². The van der Waals surface area contributed by atoms with Gasteiger partial charge in [-0.1, -0.05) is 40.2 Å². The highest BCUT2D eigenvalue weighted by Gasteiger charge is 2.18. The average molecular weight is 349 g/mol. The van der Waals surface area contributed by atoms with Crippen molar-refractivity contribution < 1.29 is 14.6 Å². The summed E-state index contributed by atoms with van der Waals surface area (Å²) in [6.07, 6.45) is 1.02. The first kappa shape index (κ1) is 15.6. The number of carboxylic acids is 1. The van der Waals surface area contributed by atoms with Crippen molar-refractivity contribution in [1.29, 1.82) is 0 Å². The third-order valence-electron chi connectivity index (χ3n) is 3.36. The zero-order chi connectivity index (χ0) is 15.2. The Morgan fingerprint density at radius 1 is 1.14 bits per heavy atom. The van der Waals surface area contributed by atoms with Crippen LogP contribution in [0.4, 0.5) is 0 Å². The number of hydrogen-bond donors (Lipinski definition) is 1. The Balaban J connectivity index is 2.10. The van der Waals surface area contributed by atoms with Crippen LogP contribution < -0.4 is 4.74 Å². The maximum atomic E-state index is 11.5. The zero-order valence-electron chi connectivity index (χ0n) is 11.8. The van der Waals surface area contributed by atoms with E-state index in [1.807, 2.05) is 48.5 Å². The van der Waals surface area contributed by atoms with Crippen molar-refractivity contribution in [2.24, 2.45) is 5.92 Å². The first-order chi connectivity index (χ1) is 10.1. The third-order valence-corrected chi connectivity index (χ3v) is 3.85. The van der Waals surface area contributed by atoms with E-state index in [2.05, 4.69) is 15.9 Å². The van der Waals surface area contributed by atoms with E-state index in [-0.39, 0.29) is 0 Å². The van der Waals surface area contributed by atoms with Gasteiger partial charge in [-0.05, 0) is 48.2 Å². The fourth-order valence-corrected chi connectivity index (χ4v) is 2.69. The van der Waals surface area contributed by atoms with Crippen molar-refractivity contribution in [1.82, 2.24) is 0 Å². The minimum Gasteiger partial charge on any atom is -0.497 e. The summed E-state index contributed by atoms with van der Waals surface area (Å²) in [6.45, 7) is 0. The molecule has 3 nitrogen and oxygen atoms in total. The molecule has 0 fully saturated rings. The Morgan fingerprint density at radius 3 is 2.38 bits per heavy atom. The van der Waals surface area contributed by atoms with Crippen LogP contribution in [0.2, 0.25) is 0 Å². The lowest BCUT2D eigenvalue weighted by Gasteiger charge is -2.13. The van der Waals surface area contributed by atoms with Gasteiger partial charge in [0.2, 0.25) is 0 Å². The van der Waals surface area contributed by atoms with Crippen LogP contribution >= 0.6 is 15.9 Å². The number of aliphatic carboxylic acids is 1. The minimum absolute atomic E-state index is 0.437. The molecule has 0 spiro atoms. The first-order valence-electron chi connectivity index (χ1n) is 6.68. The predicted molar refractivity (Wildman–Crippen MR) is 85.7 cm³/mol. The number of methoxy groups -OCH3 is 1. The summed E-state index contributed by atoms with van der Waals surface area (Å²) in [7, 11) is 1.61. The maximum absolute atomic E-state index is 11.5. The number of benzene rings is 2. The van der Waals surface area contributed by atoms with Gasteiger partial charge < -0.3 is 9.84 Å². The summed E-state index contributed by atoms with van der Waals surface area (Å²) < 4.78 is 6.08. The molecule has 1 atom stereocenters. The molecule has 0 heterocycles. The van der Waals surface area contributed by atoms with E-state index >= 15 is 0 Å². The van der Waals surface area contributed by atoms with E-state index in [0.29, 0.717) is 12.8 Å². The first-order valence-corrected chi connectivity index (χ1v) is 7.48. The number of carboxylic acid groups (broad SMARTS) is 1. The Hall–Kier alpha value is -1.81. The molecule has 4 heteroatoms. The Labute approximate surface area is 132 Å². The molecule has 0 aliphatic rings. The van der Waals surface area contributed by atoms with Gasteiger partial charge in [0.15, 0.2) is 0 Å². The lowest BCUT2D eigenvalue weighted by Crippen LogP contribution is -2.19. The van der Waals surface area contributed by atoms with E-state index in [1.165, 1.54) is 0 Å². The van der Waals surface area contributed by atoms with Gasteiger partial charge in [-0.3, -0.25) is 4.79 Å².